The molecule has 0 saturated heterocycles. The molecule has 0 radical (unpaired) electrons. The van der Waals surface area contributed by atoms with Gasteiger partial charge in [-0.1, -0.05) is 0 Å². The molecule has 3 nitrogen and oxygen atoms in total. The van der Waals surface area contributed by atoms with Gasteiger partial charge in [-0.05, 0) is 18.6 Å². The van der Waals surface area contributed by atoms with Gasteiger partial charge in [0.2, 0.25) is 0 Å². The molecule has 0 aromatic rings. The van der Waals surface area contributed by atoms with Crippen LogP contribution in [0.3, 0.4) is 0 Å². The van der Waals surface area contributed by atoms with Crippen molar-refractivity contribution in [3.63, 3.8) is 0 Å². The van der Waals surface area contributed by atoms with Gasteiger partial charge in [0, 0.05) is 13.2 Å². The second-order valence-electron chi connectivity index (χ2n) is 2.25. The number of aldehydes is 1. The van der Waals surface area contributed by atoms with Gasteiger partial charge in [0.1, 0.15) is 0 Å². The van der Waals surface area contributed by atoms with Crippen molar-refractivity contribution in [1.29, 1.82) is 0 Å². The van der Waals surface area contributed by atoms with Crippen LogP contribution in [0.25, 0.3) is 0 Å². The quantitative estimate of drug-likeness (QED) is 0.533. The Hall–Kier alpha value is -1.25. The smallest absolute Gasteiger partial charge is 0.167 e. The zero-order valence-electron chi connectivity index (χ0n) is 6.09. The van der Waals surface area contributed by atoms with Crippen LogP contribution in [0.2, 0.25) is 0 Å². The average Bonchev–Trinajstić information content (AvgIpc) is 1.94. The van der Waals surface area contributed by atoms with Crippen molar-refractivity contribution < 1.29 is 4.79 Å². The summed E-state index contributed by atoms with van der Waals surface area (Å²) in [5, 5.41) is 1.73. The highest BCUT2D eigenvalue weighted by Gasteiger charge is 2.03. The Bertz CT molecular complexity index is 206. The number of allylic oxidation sites excluding steroid dienone is 3. The highest BCUT2D eigenvalue weighted by molar-refractivity contribution is 5.74. The molecule has 0 aromatic carbocycles. The van der Waals surface area contributed by atoms with E-state index in [1.807, 2.05) is 26.2 Å². The van der Waals surface area contributed by atoms with E-state index in [0.717, 1.165) is 11.9 Å². The number of rotatable bonds is 1. The van der Waals surface area contributed by atoms with Crippen molar-refractivity contribution in [1.82, 2.24) is 10.4 Å². The number of nitrogens with zero attached hydrogens (tertiary/aromatic N) is 1. The maximum atomic E-state index is 10.3. The fraction of sp³-hybridized carbons (Fsp3) is 0.286. The first-order chi connectivity index (χ1) is 4.74. The van der Waals surface area contributed by atoms with Crippen molar-refractivity contribution >= 4 is 6.29 Å². The van der Waals surface area contributed by atoms with E-state index in [-0.39, 0.29) is 0 Å². The van der Waals surface area contributed by atoms with Gasteiger partial charge in [-0.3, -0.25) is 15.2 Å². The normalized spacial score (nSPS) is 17.2. The van der Waals surface area contributed by atoms with Gasteiger partial charge in [0.15, 0.2) is 6.29 Å². The highest BCUT2D eigenvalue weighted by Crippen LogP contribution is 2.05. The lowest BCUT2D eigenvalue weighted by Crippen LogP contribution is -2.32. The molecule has 3 heteroatoms. The molecule has 0 saturated carbocycles. The Balaban J connectivity index is 2.83. The van der Waals surface area contributed by atoms with E-state index in [9.17, 15) is 4.79 Å². The molecule has 1 aliphatic rings. The molecule has 1 rings (SSSR count). The van der Waals surface area contributed by atoms with Gasteiger partial charge in [-0.25, -0.2) is 0 Å². The molecule has 54 valence electrons. The van der Waals surface area contributed by atoms with Crippen molar-refractivity contribution in [3.8, 4) is 0 Å². The highest BCUT2D eigenvalue weighted by atomic mass is 16.1. The Morgan fingerprint density at radius 1 is 1.70 bits per heavy atom. The van der Waals surface area contributed by atoms with Gasteiger partial charge in [0.25, 0.3) is 0 Å². The standard InChI is InChI=1S/C7H10N2O/c1-6-3-4-9(2)8-7(6)5-10/h3-5,8H,1-2H3. The number of hydrogen-bond acceptors (Lipinski definition) is 3. The summed E-state index contributed by atoms with van der Waals surface area (Å²) in [7, 11) is 1.84. The topological polar surface area (TPSA) is 32.3 Å². The number of carbonyl (C=O) groups is 1. The van der Waals surface area contributed by atoms with Gasteiger partial charge in [-0.15, -0.1) is 0 Å². The molecule has 0 fully saturated rings. The van der Waals surface area contributed by atoms with Crippen LogP contribution < -0.4 is 5.43 Å². The largest absolute Gasteiger partial charge is 0.298 e. The van der Waals surface area contributed by atoms with Crippen LogP contribution in [0.5, 0.6) is 0 Å². The summed E-state index contributed by atoms with van der Waals surface area (Å²) in [6, 6.07) is 0. The van der Waals surface area contributed by atoms with Crippen molar-refractivity contribution in [2.24, 2.45) is 0 Å². The molecule has 0 aliphatic carbocycles. The van der Waals surface area contributed by atoms with E-state index in [0.29, 0.717) is 5.70 Å². The minimum atomic E-state index is 0.630. The number of nitrogens with one attached hydrogen (secondary N) is 1. The lowest BCUT2D eigenvalue weighted by atomic mass is 10.2. The minimum absolute atomic E-state index is 0.630. The summed E-state index contributed by atoms with van der Waals surface area (Å²) in [6.45, 7) is 1.89. The summed E-state index contributed by atoms with van der Waals surface area (Å²) in [5.41, 5.74) is 4.47. The second kappa shape index (κ2) is 2.56. The summed E-state index contributed by atoms with van der Waals surface area (Å²) >= 11 is 0. The van der Waals surface area contributed by atoms with E-state index >= 15 is 0 Å². The van der Waals surface area contributed by atoms with Gasteiger partial charge < -0.3 is 0 Å². The third-order valence-corrected chi connectivity index (χ3v) is 1.39. The van der Waals surface area contributed by atoms with Crippen LogP contribution in [0, 0.1) is 0 Å². The Morgan fingerprint density at radius 3 is 2.90 bits per heavy atom. The lowest BCUT2D eigenvalue weighted by molar-refractivity contribution is -0.105. The average molecular weight is 138 g/mol. The summed E-state index contributed by atoms with van der Waals surface area (Å²) in [6.07, 6.45) is 4.57. The van der Waals surface area contributed by atoms with Crippen LogP contribution in [0.4, 0.5) is 0 Å². The Morgan fingerprint density at radius 2 is 2.40 bits per heavy atom. The maximum Gasteiger partial charge on any atom is 0.167 e. The van der Waals surface area contributed by atoms with E-state index in [2.05, 4.69) is 5.43 Å². The zero-order chi connectivity index (χ0) is 7.56. The third kappa shape index (κ3) is 1.18. The third-order valence-electron chi connectivity index (χ3n) is 1.39. The molecule has 0 bridgehead atoms. The van der Waals surface area contributed by atoms with Crippen LogP contribution in [-0.2, 0) is 4.79 Å². The monoisotopic (exact) mass is 138 g/mol. The molecule has 0 amide bonds. The van der Waals surface area contributed by atoms with Gasteiger partial charge in [0.05, 0.1) is 5.70 Å². The van der Waals surface area contributed by atoms with Gasteiger partial charge >= 0.3 is 0 Å². The zero-order valence-corrected chi connectivity index (χ0v) is 6.09. The Kier molecular flexibility index (Phi) is 1.76. The van der Waals surface area contributed by atoms with E-state index < -0.39 is 0 Å². The molecule has 1 aliphatic heterocycles. The summed E-state index contributed by atoms with van der Waals surface area (Å²) in [4.78, 5) is 10.3. The summed E-state index contributed by atoms with van der Waals surface area (Å²) < 4.78 is 0. The minimum Gasteiger partial charge on any atom is -0.298 e. The van der Waals surface area contributed by atoms with Crippen LogP contribution in [-0.4, -0.2) is 18.3 Å². The number of hydrazine groups is 1. The van der Waals surface area contributed by atoms with E-state index in [1.54, 1.807) is 5.01 Å². The SMILES string of the molecule is CC1=C(C=O)NN(C)C=C1. The second-order valence-corrected chi connectivity index (χ2v) is 2.25. The summed E-state index contributed by atoms with van der Waals surface area (Å²) in [5.74, 6) is 0. The molecule has 10 heavy (non-hydrogen) atoms. The van der Waals surface area contributed by atoms with Crippen molar-refractivity contribution in [3.05, 3.63) is 23.5 Å². The fourth-order valence-corrected chi connectivity index (χ4v) is 0.748. The van der Waals surface area contributed by atoms with Crippen molar-refractivity contribution in [2.45, 2.75) is 6.92 Å². The van der Waals surface area contributed by atoms with Gasteiger partial charge in [-0.2, -0.15) is 0 Å². The molecule has 0 atom stereocenters. The van der Waals surface area contributed by atoms with Crippen molar-refractivity contribution in [2.75, 3.05) is 7.05 Å². The molecule has 0 aromatic heterocycles. The van der Waals surface area contributed by atoms with Crippen LogP contribution in [0.15, 0.2) is 23.5 Å². The predicted molar refractivity (Wildman–Crippen MR) is 38.8 cm³/mol. The molecular weight excluding hydrogens is 128 g/mol. The first-order valence-corrected chi connectivity index (χ1v) is 3.08. The number of hydrogen-bond donors (Lipinski definition) is 1. The van der Waals surface area contributed by atoms with E-state index in [1.165, 1.54) is 0 Å². The molecule has 0 spiro atoms. The first kappa shape index (κ1) is 6.86. The maximum absolute atomic E-state index is 10.3. The molecule has 1 heterocycles. The molecule has 1 N–H and O–H groups in total. The van der Waals surface area contributed by atoms with Crippen LogP contribution in [0.1, 0.15) is 6.92 Å². The first-order valence-electron chi connectivity index (χ1n) is 3.08. The number of carbonyl (C=O) groups excluding carboxylic acids is 1. The predicted octanol–water partition coefficient (Wildman–Crippen LogP) is 0.423. The Labute approximate surface area is 60.0 Å². The van der Waals surface area contributed by atoms with E-state index in [4.69, 9.17) is 0 Å². The lowest BCUT2D eigenvalue weighted by Gasteiger charge is -2.21. The molecule has 0 unspecified atom stereocenters. The molecular formula is C7H10N2O. The van der Waals surface area contributed by atoms with Crippen LogP contribution >= 0.6 is 0 Å². The fourth-order valence-electron chi connectivity index (χ4n) is 0.748.